The number of halogens is 2. The van der Waals surface area contributed by atoms with Crippen molar-refractivity contribution in [2.75, 3.05) is 13.0 Å². The third kappa shape index (κ3) is 2.79. The second kappa shape index (κ2) is 5.82. The zero-order valence-corrected chi connectivity index (χ0v) is 10.7. The Morgan fingerprint density at radius 2 is 2.28 bits per heavy atom. The fourth-order valence-electron chi connectivity index (χ4n) is 1.64. The van der Waals surface area contributed by atoms with Gasteiger partial charge in [-0.3, -0.25) is 0 Å². The van der Waals surface area contributed by atoms with Gasteiger partial charge in [0, 0.05) is 24.1 Å². The molecule has 0 amide bonds. The summed E-state index contributed by atoms with van der Waals surface area (Å²) in [7, 11) is 1.44. The number of hydrogen-bond donors (Lipinski definition) is 0. The molecule has 96 valence electrons. The predicted molar refractivity (Wildman–Crippen MR) is 66.5 cm³/mol. The Bertz CT molecular complexity index is 530. The fraction of sp³-hybridized carbons (Fsp3) is 0.333. The number of aromatic nitrogens is 3. The van der Waals surface area contributed by atoms with E-state index in [2.05, 4.69) is 10.3 Å². The number of alkyl halides is 1. The molecule has 18 heavy (non-hydrogen) atoms. The summed E-state index contributed by atoms with van der Waals surface area (Å²) in [6, 6.07) is 5.02. The first kappa shape index (κ1) is 12.8. The van der Waals surface area contributed by atoms with Crippen LogP contribution in [0.5, 0.6) is 5.75 Å². The van der Waals surface area contributed by atoms with Gasteiger partial charge in [-0.05, 0) is 6.07 Å². The van der Waals surface area contributed by atoms with Crippen LogP contribution in [0.15, 0.2) is 24.4 Å². The molecule has 0 aliphatic rings. The lowest BCUT2D eigenvalue weighted by Gasteiger charge is -2.06. The van der Waals surface area contributed by atoms with Gasteiger partial charge < -0.3 is 4.74 Å². The first-order chi connectivity index (χ1) is 8.74. The molecular weight excluding hydrogens is 257 g/mol. The third-order valence-electron chi connectivity index (χ3n) is 2.53. The molecule has 2 rings (SSSR count). The summed E-state index contributed by atoms with van der Waals surface area (Å²) in [5.74, 6) is 0.356. The minimum atomic E-state index is -0.366. The Morgan fingerprint density at radius 1 is 1.44 bits per heavy atom. The van der Waals surface area contributed by atoms with E-state index in [9.17, 15) is 4.39 Å². The summed E-state index contributed by atoms with van der Waals surface area (Å²) >= 11 is 5.62. The monoisotopic (exact) mass is 269 g/mol. The summed E-state index contributed by atoms with van der Waals surface area (Å²) in [5, 5.41) is 7.88. The maximum absolute atomic E-state index is 13.9. The zero-order valence-electron chi connectivity index (χ0n) is 9.94. The first-order valence-corrected chi connectivity index (χ1v) is 6.04. The van der Waals surface area contributed by atoms with Gasteiger partial charge in [0.15, 0.2) is 11.6 Å². The highest BCUT2D eigenvalue weighted by Crippen LogP contribution is 2.20. The van der Waals surface area contributed by atoms with E-state index in [1.54, 1.807) is 29.1 Å². The Balaban J connectivity index is 2.17. The standard InChI is InChI=1S/C12H13ClFN3O/c1-18-11-4-2-3-9(12(11)14)7-17-8-10(5-6-13)15-16-17/h2-4,8H,5-7H2,1H3. The van der Waals surface area contributed by atoms with Crippen LogP contribution in [0.3, 0.4) is 0 Å². The largest absolute Gasteiger partial charge is 0.494 e. The highest BCUT2D eigenvalue weighted by molar-refractivity contribution is 6.17. The fourth-order valence-corrected chi connectivity index (χ4v) is 1.83. The molecular formula is C12H13ClFN3O. The summed E-state index contributed by atoms with van der Waals surface area (Å²) in [6.45, 7) is 0.318. The summed E-state index contributed by atoms with van der Waals surface area (Å²) < 4.78 is 20.4. The zero-order chi connectivity index (χ0) is 13.0. The van der Waals surface area contributed by atoms with Gasteiger partial charge in [0.1, 0.15) is 0 Å². The van der Waals surface area contributed by atoms with Gasteiger partial charge in [-0.25, -0.2) is 9.07 Å². The van der Waals surface area contributed by atoms with E-state index < -0.39 is 0 Å². The number of methoxy groups -OCH3 is 1. The van der Waals surface area contributed by atoms with E-state index in [1.807, 2.05) is 0 Å². The lowest BCUT2D eigenvalue weighted by atomic mass is 10.2. The van der Waals surface area contributed by atoms with Crippen LogP contribution in [0.1, 0.15) is 11.3 Å². The highest BCUT2D eigenvalue weighted by atomic mass is 35.5. The van der Waals surface area contributed by atoms with Crippen LogP contribution in [0.4, 0.5) is 4.39 Å². The van der Waals surface area contributed by atoms with Crippen molar-refractivity contribution in [2.24, 2.45) is 0 Å². The first-order valence-electron chi connectivity index (χ1n) is 5.51. The Hall–Kier alpha value is -1.62. The van der Waals surface area contributed by atoms with E-state index in [4.69, 9.17) is 16.3 Å². The van der Waals surface area contributed by atoms with Gasteiger partial charge in [-0.15, -0.1) is 16.7 Å². The van der Waals surface area contributed by atoms with Crippen LogP contribution >= 0.6 is 11.6 Å². The number of rotatable bonds is 5. The number of hydrogen-bond acceptors (Lipinski definition) is 3. The molecule has 1 aromatic heterocycles. The van der Waals surface area contributed by atoms with Crippen LogP contribution in [-0.4, -0.2) is 28.0 Å². The van der Waals surface area contributed by atoms with Crippen LogP contribution in [0.2, 0.25) is 0 Å². The van der Waals surface area contributed by atoms with Crippen molar-refractivity contribution in [2.45, 2.75) is 13.0 Å². The highest BCUT2D eigenvalue weighted by Gasteiger charge is 2.09. The van der Waals surface area contributed by atoms with Crippen molar-refractivity contribution >= 4 is 11.6 Å². The third-order valence-corrected chi connectivity index (χ3v) is 2.72. The quantitative estimate of drug-likeness (QED) is 0.782. The number of ether oxygens (including phenoxy) is 1. The molecule has 0 bridgehead atoms. The van der Waals surface area contributed by atoms with Crippen molar-refractivity contribution in [3.63, 3.8) is 0 Å². The summed E-state index contributed by atoms with van der Waals surface area (Å²) in [5.41, 5.74) is 1.31. The smallest absolute Gasteiger partial charge is 0.170 e. The Morgan fingerprint density at radius 3 is 3.00 bits per heavy atom. The predicted octanol–water partition coefficient (Wildman–Crippen LogP) is 2.26. The molecule has 4 nitrogen and oxygen atoms in total. The van der Waals surface area contributed by atoms with E-state index in [1.165, 1.54) is 7.11 Å². The number of aryl methyl sites for hydroxylation is 1. The summed E-state index contributed by atoms with van der Waals surface area (Å²) in [6.07, 6.45) is 2.42. The van der Waals surface area contributed by atoms with Gasteiger partial charge in [0.25, 0.3) is 0 Å². The van der Waals surface area contributed by atoms with Crippen molar-refractivity contribution in [1.82, 2.24) is 15.0 Å². The van der Waals surface area contributed by atoms with Gasteiger partial charge >= 0.3 is 0 Å². The SMILES string of the molecule is COc1cccc(Cn2cc(CCCl)nn2)c1F. The van der Waals surface area contributed by atoms with E-state index in [0.29, 0.717) is 24.4 Å². The molecule has 0 saturated carbocycles. The van der Waals surface area contributed by atoms with Crippen molar-refractivity contribution in [3.8, 4) is 5.75 Å². The van der Waals surface area contributed by atoms with Gasteiger partial charge in [-0.2, -0.15) is 0 Å². The minimum Gasteiger partial charge on any atom is -0.494 e. The average Bonchev–Trinajstić information content (AvgIpc) is 2.80. The molecule has 0 saturated heterocycles. The molecule has 0 spiro atoms. The van der Waals surface area contributed by atoms with Crippen molar-refractivity contribution in [1.29, 1.82) is 0 Å². The molecule has 0 radical (unpaired) electrons. The molecule has 0 unspecified atom stereocenters. The van der Waals surface area contributed by atoms with E-state index in [0.717, 1.165) is 5.69 Å². The second-order valence-corrected chi connectivity index (χ2v) is 4.16. The molecule has 6 heteroatoms. The van der Waals surface area contributed by atoms with Crippen LogP contribution in [0, 0.1) is 5.82 Å². The number of benzene rings is 1. The maximum Gasteiger partial charge on any atom is 0.170 e. The average molecular weight is 270 g/mol. The molecule has 0 aliphatic heterocycles. The normalized spacial score (nSPS) is 10.6. The van der Waals surface area contributed by atoms with Crippen LogP contribution < -0.4 is 4.74 Å². The topological polar surface area (TPSA) is 39.9 Å². The second-order valence-electron chi connectivity index (χ2n) is 3.78. The lowest BCUT2D eigenvalue weighted by molar-refractivity contribution is 0.383. The molecule has 0 N–H and O–H groups in total. The molecule has 0 atom stereocenters. The number of nitrogens with zero attached hydrogens (tertiary/aromatic N) is 3. The van der Waals surface area contributed by atoms with Crippen LogP contribution in [0.25, 0.3) is 0 Å². The minimum absolute atomic E-state index is 0.230. The van der Waals surface area contributed by atoms with E-state index in [-0.39, 0.29) is 11.6 Å². The lowest BCUT2D eigenvalue weighted by Crippen LogP contribution is -2.03. The van der Waals surface area contributed by atoms with Gasteiger partial charge in [0.2, 0.25) is 0 Å². The summed E-state index contributed by atoms with van der Waals surface area (Å²) in [4.78, 5) is 0. The Labute approximate surface area is 109 Å². The maximum atomic E-state index is 13.9. The molecule has 1 aromatic carbocycles. The van der Waals surface area contributed by atoms with Crippen molar-refractivity contribution in [3.05, 3.63) is 41.5 Å². The van der Waals surface area contributed by atoms with Crippen LogP contribution in [-0.2, 0) is 13.0 Å². The molecule has 0 aliphatic carbocycles. The Kier molecular flexibility index (Phi) is 4.15. The van der Waals surface area contributed by atoms with Crippen molar-refractivity contribution < 1.29 is 9.13 Å². The van der Waals surface area contributed by atoms with Gasteiger partial charge in [-0.1, -0.05) is 17.3 Å². The molecule has 0 fully saturated rings. The molecule has 2 aromatic rings. The van der Waals surface area contributed by atoms with E-state index >= 15 is 0 Å². The van der Waals surface area contributed by atoms with Gasteiger partial charge in [0.05, 0.1) is 19.3 Å². The molecule has 1 heterocycles.